The quantitative estimate of drug-likeness (QED) is 0.221. The van der Waals surface area contributed by atoms with Crippen molar-refractivity contribution in [1.82, 2.24) is 20.3 Å². The Labute approximate surface area is 277 Å². The molecule has 0 bridgehead atoms. The van der Waals surface area contributed by atoms with Crippen LogP contribution in [0.1, 0.15) is 106 Å². The second-order valence-electron chi connectivity index (χ2n) is 13.7. The van der Waals surface area contributed by atoms with Gasteiger partial charge >= 0.3 is 0 Å². The van der Waals surface area contributed by atoms with E-state index < -0.39 is 0 Å². The van der Waals surface area contributed by atoms with Gasteiger partial charge in [-0.25, -0.2) is 9.97 Å². The molecule has 10 nitrogen and oxygen atoms in total. The van der Waals surface area contributed by atoms with E-state index in [2.05, 4.69) is 10.3 Å². The number of aryl methyl sites for hydroxylation is 1. The van der Waals surface area contributed by atoms with Crippen LogP contribution in [0.3, 0.4) is 0 Å². The molecule has 2 N–H and O–H groups in total. The summed E-state index contributed by atoms with van der Waals surface area (Å²) in [6.07, 6.45) is 14.5. The lowest BCUT2D eigenvalue weighted by molar-refractivity contribution is -0.126. The molecule has 3 aliphatic carbocycles. The number of aromatic nitrogens is 3. The number of nitrogens with zero attached hydrogens (tertiary/aromatic N) is 4. The lowest BCUT2D eigenvalue weighted by Gasteiger charge is -2.37. The molecule has 0 aliphatic heterocycles. The van der Waals surface area contributed by atoms with Crippen LogP contribution in [0, 0.1) is 24.7 Å². The topological polar surface area (TPSA) is 131 Å². The van der Waals surface area contributed by atoms with E-state index in [1.165, 1.54) is 6.42 Å². The Morgan fingerprint density at radius 3 is 2.64 bits per heavy atom. The van der Waals surface area contributed by atoms with Crippen molar-refractivity contribution in [3.63, 3.8) is 0 Å². The molecule has 3 aromatic heterocycles. The van der Waals surface area contributed by atoms with Gasteiger partial charge in [-0.1, -0.05) is 19.3 Å². The second kappa shape index (κ2) is 15.4. The smallest absolute Gasteiger partial charge is 0.228 e. The third-order valence-corrected chi connectivity index (χ3v) is 10.3. The van der Waals surface area contributed by atoms with E-state index in [4.69, 9.17) is 19.1 Å². The highest BCUT2D eigenvalue weighted by molar-refractivity contribution is 5.93. The summed E-state index contributed by atoms with van der Waals surface area (Å²) < 4.78 is 11.2. The Kier molecular flexibility index (Phi) is 10.9. The molecule has 3 unspecified atom stereocenters. The highest BCUT2D eigenvalue weighted by Gasteiger charge is 2.36. The van der Waals surface area contributed by atoms with Gasteiger partial charge in [-0.05, 0) is 94.4 Å². The first-order valence-electron chi connectivity index (χ1n) is 17.6. The molecule has 47 heavy (non-hydrogen) atoms. The summed E-state index contributed by atoms with van der Waals surface area (Å²) in [6.45, 7) is 2.92. The van der Waals surface area contributed by atoms with Crippen molar-refractivity contribution in [3.05, 3.63) is 54.0 Å². The Bertz CT molecular complexity index is 1510. The highest BCUT2D eigenvalue weighted by atomic mass is 16.5. The number of nitrogens with one attached hydrogen (secondary N) is 1. The van der Waals surface area contributed by atoms with Crippen LogP contribution in [0.25, 0.3) is 11.3 Å². The van der Waals surface area contributed by atoms with Crippen LogP contribution in [-0.4, -0.2) is 58.7 Å². The third kappa shape index (κ3) is 8.20. The first kappa shape index (κ1) is 33.1. The zero-order chi connectivity index (χ0) is 32.8. The SMILES string of the molecule is COc1ccc(C2CCC(CNC(=O)C3CCCCC3)CC2CC(=O)N(CCCO)c2cc(-c3coc(C4CC4)n3)ccn2)nc1C. The Morgan fingerprint density at radius 2 is 1.89 bits per heavy atom. The maximum Gasteiger partial charge on any atom is 0.228 e. The highest BCUT2D eigenvalue weighted by Crippen LogP contribution is 2.43. The predicted octanol–water partition coefficient (Wildman–Crippen LogP) is 6.33. The number of methoxy groups -OCH3 is 1. The van der Waals surface area contributed by atoms with E-state index in [0.717, 1.165) is 92.1 Å². The molecule has 3 aromatic rings. The molecule has 3 fully saturated rings. The maximum absolute atomic E-state index is 14.3. The van der Waals surface area contributed by atoms with Gasteiger partial charge < -0.3 is 19.6 Å². The number of amides is 2. The van der Waals surface area contributed by atoms with Crippen LogP contribution >= 0.6 is 0 Å². The number of ether oxygens (including phenoxy) is 1. The lowest BCUT2D eigenvalue weighted by atomic mass is 9.71. The molecule has 3 saturated carbocycles. The van der Waals surface area contributed by atoms with Crippen molar-refractivity contribution in [3.8, 4) is 17.0 Å². The van der Waals surface area contributed by atoms with Gasteiger partial charge in [0.05, 0.1) is 12.8 Å². The second-order valence-corrected chi connectivity index (χ2v) is 13.7. The normalized spacial score (nSPS) is 21.7. The number of aliphatic hydroxyl groups excluding tert-OH is 1. The fourth-order valence-electron chi connectivity index (χ4n) is 7.50. The monoisotopic (exact) mass is 643 g/mol. The molecule has 2 amide bonds. The number of oxazole rings is 1. The van der Waals surface area contributed by atoms with Crippen molar-refractivity contribution in [2.24, 2.45) is 17.8 Å². The molecule has 3 heterocycles. The summed E-state index contributed by atoms with van der Waals surface area (Å²) in [5.41, 5.74) is 3.39. The number of pyridine rings is 2. The van der Waals surface area contributed by atoms with Crippen LogP contribution in [0.5, 0.6) is 5.75 Å². The summed E-state index contributed by atoms with van der Waals surface area (Å²) in [4.78, 5) is 43.1. The molecule has 10 heteroatoms. The number of aliphatic hydroxyl groups is 1. The minimum absolute atomic E-state index is 0.0264. The van der Waals surface area contributed by atoms with Crippen molar-refractivity contribution in [1.29, 1.82) is 0 Å². The van der Waals surface area contributed by atoms with Gasteiger partial charge in [-0.2, -0.15) is 0 Å². The van der Waals surface area contributed by atoms with Crippen LogP contribution in [0.2, 0.25) is 0 Å². The first-order valence-corrected chi connectivity index (χ1v) is 17.6. The van der Waals surface area contributed by atoms with Crippen LogP contribution < -0.4 is 15.0 Å². The molecule has 6 rings (SSSR count). The molecular formula is C37H49N5O5. The summed E-state index contributed by atoms with van der Waals surface area (Å²) in [5, 5.41) is 13.0. The van der Waals surface area contributed by atoms with Crippen molar-refractivity contribution in [2.75, 3.05) is 31.7 Å². The van der Waals surface area contributed by atoms with Gasteiger partial charge in [-0.3, -0.25) is 19.5 Å². The fourth-order valence-corrected chi connectivity index (χ4v) is 7.50. The maximum atomic E-state index is 14.3. The summed E-state index contributed by atoms with van der Waals surface area (Å²) >= 11 is 0. The fraction of sp³-hybridized carbons (Fsp3) is 0.595. The van der Waals surface area contributed by atoms with E-state index in [-0.39, 0.29) is 42.1 Å². The number of carbonyl (C=O) groups excluding carboxylic acids is 2. The average Bonchev–Trinajstić information content (AvgIpc) is 3.83. The van der Waals surface area contributed by atoms with Gasteiger partial charge in [0.25, 0.3) is 0 Å². The molecule has 0 saturated heterocycles. The van der Waals surface area contributed by atoms with Crippen LogP contribution in [-0.2, 0) is 9.59 Å². The predicted molar refractivity (Wildman–Crippen MR) is 179 cm³/mol. The molecule has 0 radical (unpaired) electrons. The van der Waals surface area contributed by atoms with Crippen LogP contribution in [0.15, 0.2) is 41.1 Å². The van der Waals surface area contributed by atoms with Crippen molar-refractivity contribution < 1.29 is 23.8 Å². The molecule has 3 atom stereocenters. The Balaban J connectivity index is 1.20. The molecule has 3 aliphatic rings. The van der Waals surface area contributed by atoms with E-state index in [1.54, 1.807) is 24.5 Å². The Morgan fingerprint density at radius 1 is 1.06 bits per heavy atom. The van der Waals surface area contributed by atoms with Gasteiger partial charge in [0, 0.05) is 61.3 Å². The number of hydrogen-bond donors (Lipinski definition) is 2. The van der Waals surface area contributed by atoms with Gasteiger partial charge in [0.15, 0.2) is 5.89 Å². The molecular weight excluding hydrogens is 594 g/mol. The number of rotatable bonds is 13. The number of anilines is 1. The standard InChI is InChI=1S/C37H49N5O5/c1-24-33(46-2)14-13-31(40-24)30-12-9-25(22-39-36(45)26-7-4-3-5-8-26)19-29(30)21-35(44)42(17-6-18-43)34-20-28(15-16-38-34)32-23-47-37(41-32)27-10-11-27/h13-16,20,23,25-27,29-30,43H,3-12,17-19,21-22H2,1-2H3,(H,39,45). The van der Waals surface area contributed by atoms with E-state index in [0.29, 0.717) is 37.7 Å². The number of hydrogen-bond acceptors (Lipinski definition) is 8. The summed E-state index contributed by atoms with van der Waals surface area (Å²) in [6, 6.07) is 7.77. The summed E-state index contributed by atoms with van der Waals surface area (Å²) in [5.74, 6) is 3.16. The van der Waals surface area contributed by atoms with Crippen molar-refractivity contribution in [2.45, 2.75) is 95.8 Å². The van der Waals surface area contributed by atoms with Gasteiger partial charge in [0.1, 0.15) is 23.5 Å². The number of carbonyl (C=O) groups is 2. The van der Waals surface area contributed by atoms with Crippen LogP contribution in [0.4, 0.5) is 5.82 Å². The molecule has 0 aromatic carbocycles. The first-order chi connectivity index (χ1) is 22.9. The minimum Gasteiger partial charge on any atom is -0.495 e. The minimum atomic E-state index is -0.0333. The largest absolute Gasteiger partial charge is 0.495 e. The molecule has 0 spiro atoms. The zero-order valence-corrected chi connectivity index (χ0v) is 27.8. The van der Waals surface area contributed by atoms with Gasteiger partial charge in [0.2, 0.25) is 11.8 Å². The Hall–Kier alpha value is -3.79. The summed E-state index contributed by atoms with van der Waals surface area (Å²) in [7, 11) is 1.65. The zero-order valence-electron chi connectivity index (χ0n) is 27.8. The van der Waals surface area contributed by atoms with Crippen molar-refractivity contribution >= 4 is 17.6 Å². The van der Waals surface area contributed by atoms with E-state index in [9.17, 15) is 14.7 Å². The molecule has 252 valence electrons. The lowest BCUT2D eigenvalue weighted by Crippen LogP contribution is -2.39. The third-order valence-electron chi connectivity index (χ3n) is 10.3. The average molecular weight is 644 g/mol. The van der Waals surface area contributed by atoms with Gasteiger partial charge in [-0.15, -0.1) is 0 Å². The van der Waals surface area contributed by atoms with E-state index >= 15 is 0 Å². The van der Waals surface area contributed by atoms with E-state index in [1.807, 2.05) is 31.2 Å².